The summed E-state index contributed by atoms with van der Waals surface area (Å²) in [5.74, 6) is 0.0871. The molecular weight excluding hydrogens is 276 g/mol. The Morgan fingerprint density at radius 2 is 2.40 bits per heavy atom. The fourth-order valence-electron chi connectivity index (χ4n) is 2.51. The van der Waals surface area contributed by atoms with E-state index < -0.39 is 5.97 Å². The molecule has 1 aromatic heterocycles. The van der Waals surface area contributed by atoms with Gasteiger partial charge in [-0.05, 0) is 19.3 Å². The first-order chi connectivity index (χ1) is 9.49. The standard InChI is InChI=1S/C14H22N2O3S/c1-9(2)12-6-15-14(20-8-13(17)18)16(12)7-11-4-5-19-10(11)3/h6,9-11H,4-5,7-8H2,1-3H3,(H,17,18). The Kier molecular flexibility index (Phi) is 5.10. The Hall–Kier alpha value is -1.01. The van der Waals surface area contributed by atoms with Gasteiger partial charge in [-0.15, -0.1) is 0 Å². The van der Waals surface area contributed by atoms with Crippen LogP contribution in [0.3, 0.4) is 0 Å². The van der Waals surface area contributed by atoms with Gasteiger partial charge in [-0.2, -0.15) is 0 Å². The summed E-state index contributed by atoms with van der Waals surface area (Å²) in [6.45, 7) is 8.04. The first kappa shape index (κ1) is 15.4. The number of carboxylic acid groups (broad SMARTS) is 1. The summed E-state index contributed by atoms with van der Waals surface area (Å²) < 4.78 is 7.79. The van der Waals surface area contributed by atoms with Gasteiger partial charge in [-0.1, -0.05) is 25.6 Å². The quantitative estimate of drug-likeness (QED) is 0.818. The molecule has 0 aromatic carbocycles. The largest absolute Gasteiger partial charge is 0.481 e. The monoisotopic (exact) mass is 298 g/mol. The van der Waals surface area contributed by atoms with Crippen molar-refractivity contribution in [2.24, 2.45) is 5.92 Å². The minimum atomic E-state index is -0.812. The Morgan fingerprint density at radius 3 is 2.95 bits per heavy atom. The topological polar surface area (TPSA) is 64.3 Å². The third-order valence-corrected chi connectivity index (χ3v) is 4.69. The van der Waals surface area contributed by atoms with E-state index in [-0.39, 0.29) is 11.9 Å². The van der Waals surface area contributed by atoms with Crippen molar-refractivity contribution in [3.63, 3.8) is 0 Å². The van der Waals surface area contributed by atoms with Crippen LogP contribution in [-0.2, 0) is 16.1 Å². The third kappa shape index (κ3) is 3.55. The summed E-state index contributed by atoms with van der Waals surface area (Å²) >= 11 is 1.29. The van der Waals surface area contributed by atoms with Crippen LogP contribution in [-0.4, -0.2) is 39.1 Å². The smallest absolute Gasteiger partial charge is 0.313 e. The highest BCUT2D eigenvalue weighted by molar-refractivity contribution is 7.99. The molecule has 112 valence electrons. The second-order valence-corrected chi connectivity index (χ2v) is 6.48. The van der Waals surface area contributed by atoms with E-state index in [2.05, 4.69) is 30.3 Å². The van der Waals surface area contributed by atoms with Gasteiger partial charge in [0.2, 0.25) is 0 Å². The normalized spacial score (nSPS) is 22.6. The summed E-state index contributed by atoms with van der Waals surface area (Å²) in [6, 6.07) is 0. The Bertz CT molecular complexity index is 473. The molecule has 0 bridgehead atoms. The molecule has 20 heavy (non-hydrogen) atoms. The second kappa shape index (κ2) is 6.63. The molecule has 1 fully saturated rings. The van der Waals surface area contributed by atoms with E-state index in [0.29, 0.717) is 11.8 Å². The molecule has 1 N–H and O–H groups in total. The molecular formula is C14H22N2O3S. The third-order valence-electron chi connectivity index (χ3n) is 3.72. The molecule has 0 amide bonds. The van der Waals surface area contributed by atoms with Gasteiger partial charge in [0, 0.05) is 31.0 Å². The van der Waals surface area contributed by atoms with E-state index in [1.807, 2.05) is 6.20 Å². The van der Waals surface area contributed by atoms with Crippen molar-refractivity contribution in [1.82, 2.24) is 9.55 Å². The molecule has 2 heterocycles. The SMILES string of the molecule is CC(C)c1cnc(SCC(=O)O)n1CC1CCOC1C. The Labute approximate surface area is 123 Å². The van der Waals surface area contributed by atoms with Crippen molar-refractivity contribution in [3.05, 3.63) is 11.9 Å². The summed E-state index contributed by atoms with van der Waals surface area (Å²) in [6.07, 6.45) is 3.18. The molecule has 0 aliphatic carbocycles. The molecule has 1 aliphatic heterocycles. The van der Waals surface area contributed by atoms with Crippen molar-refractivity contribution in [1.29, 1.82) is 0 Å². The van der Waals surface area contributed by atoms with Gasteiger partial charge in [-0.25, -0.2) is 4.98 Å². The lowest BCUT2D eigenvalue weighted by molar-refractivity contribution is -0.133. The first-order valence-corrected chi connectivity index (χ1v) is 7.99. The number of rotatable bonds is 6. The van der Waals surface area contributed by atoms with Crippen LogP contribution in [0.5, 0.6) is 0 Å². The van der Waals surface area contributed by atoms with Gasteiger partial charge < -0.3 is 14.4 Å². The van der Waals surface area contributed by atoms with E-state index >= 15 is 0 Å². The van der Waals surface area contributed by atoms with Gasteiger partial charge in [0.25, 0.3) is 0 Å². The van der Waals surface area contributed by atoms with Gasteiger partial charge in [0.15, 0.2) is 5.16 Å². The molecule has 6 heteroatoms. The predicted molar refractivity (Wildman–Crippen MR) is 78.2 cm³/mol. The first-order valence-electron chi connectivity index (χ1n) is 7.00. The van der Waals surface area contributed by atoms with Crippen molar-refractivity contribution >= 4 is 17.7 Å². The van der Waals surface area contributed by atoms with Crippen molar-refractivity contribution < 1.29 is 14.6 Å². The molecule has 5 nitrogen and oxygen atoms in total. The lowest BCUT2D eigenvalue weighted by Gasteiger charge is -2.19. The lowest BCUT2D eigenvalue weighted by Crippen LogP contribution is -2.20. The van der Waals surface area contributed by atoms with Crippen LogP contribution < -0.4 is 0 Å². The summed E-state index contributed by atoms with van der Waals surface area (Å²) in [7, 11) is 0. The molecule has 0 spiro atoms. The number of carbonyl (C=O) groups is 1. The second-order valence-electron chi connectivity index (χ2n) is 5.54. The Morgan fingerprint density at radius 1 is 1.65 bits per heavy atom. The van der Waals surface area contributed by atoms with E-state index in [0.717, 1.165) is 30.4 Å². The van der Waals surface area contributed by atoms with E-state index in [4.69, 9.17) is 9.84 Å². The summed E-state index contributed by atoms with van der Waals surface area (Å²) in [5, 5.41) is 9.63. The summed E-state index contributed by atoms with van der Waals surface area (Å²) in [5.41, 5.74) is 1.16. The average molecular weight is 298 g/mol. The Balaban J connectivity index is 2.17. The van der Waals surface area contributed by atoms with Crippen LogP contribution in [0.25, 0.3) is 0 Å². The molecule has 2 unspecified atom stereocenters. The number of thioether (sulfide) groups is 1. The highest BCUT2D eigenvalue weighted by Crippen LogP contribution is 2.28. The molecule has 1 aliphatic rings. The van der Waals surface area contributed by atoms with Gasteiger partial charge in [0.1, 0.15) is 0 Å². The number of aromatic nitrogens is 2. The minimum Gasteiger partial charge on any atom is -0.481 e. The number of ether oxygens (including phenoxy) is 1. The average Bonchev–Trinajstić information content (AvgIpc) is 2.95. The number of carboxylic acids is 1. The van der Waals surface area contributed by atoms with Crippen LogP contribution in [0.4, 0.5) is 0 Å². The zero-order valence-electron chi connectivity index (χ0n) is 12.2. The van der Waals surface area contributed by atoms with Crippen LogP contribution in [0.2, 0.25) is 0 Å². The molecule has 0 saturated carbocycles. The number of nitrogens with zero attached hydrogens (tertiary/aromatic N) is 2. The van der Waals surface area contributed by atoms with E-state index in [1.165, 1.54) is 11.8 Å². The molecule has 2 rings (SSSR count). The number of hydrogen-bond acceptors (Lipinski definition) is 4. The van der Waals surface area contributed by atoms with E-state index in [1.54, 1.807) is 0 Å². The molecule has 1 aromatic rings. The predicted octanol–water partition coefficient (Wildman–Crippen LogP) is 2.61. The minimum absolute atomic E-state index is 0.0469. The molecule has 0 radical (unpaired) electrons. The fraction of sp³-hybridized carbons (Fsp3) is 0.714. The molecule has 2 atom stereocenters. The summed E-state index contributed by atoms with van der Waals surface area (Å²) in [4.78, 5) is 15.1. The maximum Gasteiger partial charge on any atom is 0.313 e. The van der Waals surface area contributed by atoms with Crippen molar-refractivity contribution in [2.75, 3.05) is 12.4 Å². The van der Waals surface area contributed by atoms with Crippen LogP contribution in [0, 0.1) is 5.92 Å². The zero-order chi connectivity index (χ0) is 14.7. The maximum atomic E-state index is 10.7. The highest BCUT2D eigenvalue weighted by Gasteiger charge is 2.26. The number of hydrogen-bond donors (Lipinski definition) is 1. The van der Waals surface area contributed by atoms with Gasteiger partial charge in [0.05, 0.1) is 11.9 Å². The zero-order valence-corrected chi connectivity index (χ0v) is 13.0. The van der Waals surface area contributed by atoms with Gasteiger partial charge in [-0.3, -0.25) is 4.79 Å². The molecule has 1 saturated heterocycles. The number of imidazole rings is 1. The fourth-order valence-corrected chi connectivity index (χ4v) is 3.22. The van der Waals surface area contributed by atoms with Crippen LogP contribution in [0.15, 0.2) is 11.4 Å². The van der Waals surface area contributed by atoms with E-state index in [9.17, 15) is 4.79 Å². The maximum absolute atomic E-state index is 10.7. The number of aliphatic carboxylic acids is 1. The van der Waals surface area contributed by atoms with Crippen molar-refractivity contribution in [3.8, 4) is 0 Å². The highest BCUT2D eigenvalue weighted by atomic mass is 32.2. The van der Waals surface area contributed by atoms with Crippen LogP contribution in [0.1, 0.15) is 38.8 Å². The van der Waals surface area contributed by atoms with Crippen molar-refractivity contribution in [2.45, 2.75) is 50.9 Å². The van der Waals surface area contributed by atoms with Gasteiger partial charge >= 0.3 is 5.97 Å². The lowest BCUT2D eigenvalue weighted by atomic mass is 10.0. The van der Waals surface area contributed by atoms with Crippen LogP contribution >= 0.6 is 11.8 Å².